The van der Waals surface area contributed by atoms with E-state index in [1.807, 2.05) is 0 Å². The Balaban J connectivity index is 1.50. The molecule has 3 fully saturated rings. The van der Waals surface area contributed by atoms with Crippen LogP contribution in [0.2, 0.25) is 0 Å². The summed E-state index contributed by atoms with van der Waals surface area (Å²) >= 11 is 0. The highest BCUT2D eigenvalue weighted by Crippen LogP contribution is 2.25. The molecule has 0 saturated carbocycles. The normalized spacial score (nSPS) is 30.4. The van der Waals surface area contributed by atoms with Gasteiger partial charge in [0.2, 0.25) is 0 Å². The number of ether oxygens (including phenoxy) is 3. The van der Waals surface area contributed by atoms with Crippen molar-refractivity contribution in [2.24, 2.45) is 0 Å². The van der Waals surface area contributed by atoms with E-state index in [-0.39, 0.29) is 6.17 Å². The summed E-state index contributed by atoms with van der Waals surface area (Å²) in [6, 6.07) is 8.79. The first kappa shape index (κ1) is 14.6. The van der Waals surface area contributed by atoms with Crippen LogP contribution in [0.15, 0.2) is 24.3 Å². The van der Waals surface area contributed by atoms with Gasteiger partial charge >= 0.3 is 0 Å². The fraction of sp³-hybridized carbons (Fsp3) is 0.647. The number of epoxide rings is 3. The van der Waals surface area contributed by atoms with Crippen LogP contribution < -0.4 is 5.32 Å². The number of rotatable bonds is 9. The molecular formula is C17H24N2O3. The van der Waals surface area contributed by atoms with E-state index in [9.17, 15) is 0 Å². The minimum absolute atomic E-state index is 0.193. The van der Waals surface area contributed by atoms with Gasteiger partial charge in [-0.05, 0) is 12.5 Å². The van der Waals surface area contributed by atoms with E-state index in [1.54, 1.807) is 0 Å². The summed E-state index contributed by atoms with van der Waals surface area (Å²) in [5.41, 5.74) is 2.59. The van der Waals surface area contributed by atoms with E-state index in [4.69, 9.17) is 14.2 Å². The van der Waals surface area contributed by atoms with E-state index in [1.165, 1.54) is 11.1 Å². The fourth-order valence-electron chi connectivity index (χ4n) is 2.79. The minimum Gasteiger partial charge on any atom is -0.372 e. The number of nitrogens with zero attached hydrogens (tertiary/aromatic N) is 1. The van der Waals surface area contributed by atoms with Crippen molar-refractivity contribution in [3.63, 3.8) is 0 Å². The Morgan fingerprint density at radius 2 is 1.55 bits per heavy atom. The van der Waals surface area contributed by atoms with Gasteiger partial charge in [0.1, 0.15) is 0 Å². The SMILES string of the molecule is Cc1ccc(C(NCC2CO2)N(CC2CO2)CC2CO2)cc1. The van der Waals surface area contributed by atoms with Crippen LogP contribution in [0.4, 0.5) is 0 Å². The van der Waals surface area contributed by atoms with Crippen LogP contribution in [0.3, 0.4) is 0 Å². The third-order valence-electron chi connectivity index (χ3n) is 4.38. The molecule has 1 aromatic rings. The van der Waals surface area contributed by atoms with Gasteiger partial charge in [0.05, 0.1) is 44.3 Å². The zero-order valence-corrected chi connectivity index (χ0v) is 13.0. The lowest BCUT2D eigenvalue weighted by atomic mass is 10.1. The molecule has 1 aromatic carbocycles. The van der Waals surface area contributed by atoms with Crippen molar-refractivity contribution in [3.05, 3.63) is 35.4 Å². The van der Waals surface area contributed by atoms with E-state index < -0.39 is 0 Å². The van der Waals surface area contributed by atoms with Crippen LogP contribution in [-0.4, -0.2) is 62.7 Å². The molecular weight excluding hydrogens is 280 g/mol. The topological polar surface area (TPSA) is 52.9 Å². The third kappa shape index (κ3) is 4.06. The van der Waals surface area contributed by atoms with E-state index in [2.05, 4.69) is 41.4 Å². The van der Waals surface area contributed by atoms with Crippen LogP contribution in [0, 0.1) is 6.92 Å². The number of nitrogens with one attached hydrogen (secondary N) is 1. The Kier molecular flexibility index (Phi) is 4.15. The lowest BCUT2D eigenvalue weighted by molar-refractivity contribution is 0.136. The highest BCUT2D eigenvalue weighted by molar-refractivity contribution is 5.24. The molecule has 4 rings (SSSR count). The molecule has 3 heterocycles. The lowest BCUT2D eigenvalue weighted by Crippen LogP contribution is -2.43. The molecule has 0 bridgehead atoms. The molecule has 3 aliphatic heterocycles. The molecule has 0 spiro atoms. The molecule has 4 atom stereocenters. The van der Waals surface area contributed by atoms with Crippen molar-refractivity contribution in [1.29, 1.82) is 0 Å². The molecule has 3 saturated heterocycles. The first-order valence-electron chi connectivity index (χ1n) is 8.17. The van der Waals surface area contributed by atoms with Gasteiger partial charge in [0, 0.05) is 19.6 Å². The van der Waals surface area contributed by atoms with E-state index in [0.717, 1.165) is 39.5 Å². The van der Waals surface area contributed by atoms with Gasteiger partial charge in [-0.15, -0.1) is 0 Å². The summed E-state index contributed by atoms with van der Waals surface area (Å²) in [5.74, 6) is 0. The number of hydrogen-bond donors (Lipinski definition) is 1. The molecule has 0 radical (unpaired) electrons. The van der Waals surface area contributed by atoms with Gasteiger partial charge in [0.25, 0.3) is 0 Å². The number of benzene rings is 1. The molecule has 0 aliphatic carbocycles. The van der Waals surface area contributed by atoms with Crippen molar-refractivity contribution in [3.8, 4) is 0 Å². The Morgan fingerprint density at radius 3 is 2.05 bits per heavy atom. The molecule has 0 aromatic heterocycles. The average Bonchev–Trinajstić information content (AvgIpc) is 3.35. The van der Waals surface area contributed by atoms with Crippen LogP contribution in [0.1, 0.15) is 17.3 Å². The lowest BCUT2D eigenvalue weighted by Gasteiger charge is -2.32. The largest absolute Gasteiger partial charge is 0.372 e. The maximum atomic E-state index is 5.45. The summed E-state index contributed by atoms with van der Waals surface area (Å²) in [4.78, 5) is 2.46. The van der Waals surface area contributed by atoms with Gasteiger partial charge in [-0.2, -0.15) is 0 Å². The zero-order chi connectivity index (χ0) is 14.9. The second kappa shape index (κ2) is 6.26. The van der Waals surface area contributed by atoms with Gasteiger partial charge in [-0.25, -0.2) is 0 Å². The van der Waals surface area contributed by atoms with Gasteiger partial charge in [-0.1, -0.05) is 29.8 Å². The van der Waals surface area contributed by atoms with Gasteiger partial charge < -0.3 is 14.2 Å². The van der Waals surface area contributed by atoms with Crippen molar-refractivity contribution in [2.75, 3.05) is 39.5 Å². The number of hydrogen-bond acceptors (Lipinski definition) is 5. The van der Waals surface area contributed by atoms with Crippen LogP contribution >= 0.6 is 0 Å². The molecule has 4 unspecified atom stereocenters. The molecule has 1 N–H and O–H groups in total. The first-order chi connectivity index (χ1) is 10.8. The summed E-state index contributed by atoms with van der Waals surface area (Å²) in [6.07, 6.45) is 1.33. The van der Waals surface area contributed by atoms with Crippen molar-refractivity contribution in [2.45, 2.75) is 31.4 Å². The zero-order valence-electron chi connectivity index (χ0n) is 13.0. The molecule has 5 heteroatoms. The highest BCUT2D eigenvalue weighted by Gasteiger charge is 2.35. The Labute approximate surface area is 131 Å². The van der Waals surface area contributed by atoms with Crippen LogP contribution in [0.25, 0.3) is 0 Å². The van der Waals surface area contributed by atoms with Crippen molar-refractivity contribution in [1.82, 2.24) is 10.2 Å². The van der Waals surface area contributed by atoms with Crippen molar-refractivity contribution >= 4 is 0 Å². The van der Waals surface area contributed by atoms with E-state index >= 15 is 0 Å². The standard InChI is InChI=1S/C17H24N2O3/c1-12-2-4-13(5-3-12)17(18-6-14-9-20-14)19(7-15-10-21-15)8-16-11-22-16/h2-5,14-18H,6-11H2,1H3. The fourth-order valence-corrected chi connectivity index (χ4v) is 2.79. The van der Waals surface area contributed by atoms with Crippen LogP contribution in [0.5, 0.6) is 0 Å². The molecule has 5 nitrogen and oxygen atoms in total. The maximum absolute atomic E-state index is 5.45. The highest BCUT2D eigenvalue weighted by atomic mass is 16.6. The Morgan fingerprint density at radius 1 is 1.00 bits per heavy atom. The predicted octanol–water partition coefficient (Wildman–Crippen LogP) is 1.08. The molecule has 0 amide bonds. The average molecular weight is 304 g/mol. The smallest absolute Gasteiger partial charge is 0.0937 e. The first-order valence-corrected chi connectivity index (χ1v) is 8.17. The van der Waals surface area contributed by atoms with Gasteiger partial charge in [0.15, 0.2) is 0 Å². The van der Waals surface area contributed by atoms with Crippen LogP contribution in [-0.2, 0) is 14.2 Å². The summed E-state index contributed by atoms with van der Waals surface area (Å²) in [6.45, 7) is 7.58. The van der Waals surface area contributed by atoms with Gasteiger partial charge in [-0.3, -0.25) is 10.2 Å². The minimum atomic E-state index is 0.193. The molecule has 22 heavy (non-hydrogen) atoms. The van der Waals surface area contributed by atoms with E-state index in [0.29, 0.717) is 18.3 Å². The Bertz CT molecular complexity index is 481. The third-order valence-corrected chi connectivity index (χ3v) is 4.38. The maximum Gasteiger partial charge on any atom is 0.0937 e. The molecule has 3 aliphatic rings. The monoisotopic (exact) mass is 304 g/mol. The second-order valence-corrected chi connectivity index (χ2v) is 6.54. The quantitative estimate of drug-likeness (QED) is 0.546. The van der Waals surface area contributed by atoms with Crippen molar-refractivity contribution < 1.29 is 14.2 Å². The molecule has 120 valence electrons. The Hall–Kier alpha value is -0.980. The predicted molar refractivity (Wildman–Crippen MR) is 82.7 cm³/mol. The summed E-state index contributed by atoms with van der Waals surface area (Å²) < 4.78 is 16.2. The summed E-state index contributed by atoms with van der Waals surface area (Å²) in [7, 11) is 0. The summed E-state index contributed by atoms with van der Waals surface area (Å²) in [5, 5.41) is 3.67. The second-order valence-electron chi connectivity index (χ2n) is 6.54. The number of aryl methyl sites for hydroxylation is 1.